The summed E-state index contributed by atoms with van der Waals surface area (Å²) in [7, 11) is 2.09. The predicted octanol–water partition coefficient (Wildman–Crippen LogP) is 3.74. The Hall–Kier alpha value is -0.580. The Morgan fingerprint density at radius 1 is 1.33 bits per heavy atom. The molecule has 15 heavy (non-hydrogen) atoms. The van der Waals surface area contributed by atoms with E-state index in [2.05, 4.69) is 40.0 Å². The average Bonchev–Trinajstić information content (AvgIpc) is 2.77. The van der Waals surface area contributed by atoms with E-state index in [-0.39, 0.29) is 0 Å². The van der Waals surface area contributed by atoms with Crippen molar-refractivity contribution < 1.29 is 4.42 Å². The van der Waals surface area contributed by atoms with Crippen molar-refractivity contribution in [2.24, 2.45) is 0 Å². The Balaban J connectivity index is 1.90. The van der Waals surface area contributed by atoms with Crippen LogP contribution in [0.5, 0.6) is 0 Å². The lowest BCUT2D eigenvalue weighted by Crippen LogP contribution is -2.15. The minimum atomic E-state index is 0.850. The second kappa shape index (κ2) is 4.96. The average molecular weight is 286 g/mol. The van der Waals surface area contributed by atoms with E-state index < -0.39 is 0 Å². The van der Waals surface area contributed by atoms with Crippen LogP contribution < -0.4 is 0 Å². The molecule has 2 heterocycles. The zero-order valence-corrected chi connectivity index (χ0v) is 10.8. The second-order valence-corrected chi connectivity index (χ2v) is 6.01. The van der Waals surface area contributed by atoms with E-state index in [1.807, 2.05) is 12.1 Å². The van der Waals surface area contributed by atoms with Crippen LogP contribution in [0.25, 0.3) is 0 Å². The van der Waals surface area contributed by atoms with Gasteiger partial charge in [-0.05, 0) is 47.2 Å². The van der Waals surface area contributed by atoms with Gasteiger partial charge in [0, 0.05) is 11.4 Å². The number of thiophene rings is 1. The molecule has 2 nitrogen and oxygen atoms in total. The summed E-state index contributed by atoms with van der Waals surface area (Å²) in [6.45, 7) is 1.81. The van der Waals surface area contributed by atoms with Crippen LogP contribution in [0.2, 0.25) is 0 Å². The van der Waals surface area contributed by atoms with Crippen LogP contribution in [0.1, 0.15) is 10.6 Å². The first kappa shape index (κ1) is 10.9. The van der Waals surface area contributed by atoms with Gasteiger partial charge < -0.3 is 4.42 Å². The summed E-state index contributed by atoms with van der Waals surface area (Å²) in [5.41, 5.74) is 0. The molecule has 0 bridgehead atoms. The highest BCUT2D eigenvalue weighted by molar-refractivity contribution is 9.11. The molecule has 0 N–H and O–H groups in total. The van der Waals surface area contributed by atoms with Gasteiger partial charge in [0.1, 0.15) is 5.76 Å². The first-order valence-corrected chi connectivity index (χ1v) is 6.30. The van der Waals surface area contributed by atoms with Crippen LogP contribution in [0.4, 0.5) is 0 Å². The first-order valence-electron chi connectivity index (χ1n) is 4.69. The molecule has 80 valence electrons. The van der Waals surface area contributed by atoms with Gasteiger partial charge in [-0.2, -0.15) is 0 Å². The highest BCUT2D eigenvalue weighted by atomic mass is 79.9. The smallest absolute Gasteiger partial charge is 0.117 e. The summed E-state index contributed by atoms with van der Waals surface area (Å²) in [6.07, 6.45) is 1.71. The summed E-state index contributed by atoms with van der Waals surface area (Å²) in [6, 6.07) is 8.15. The quantitative estimate of drug-likeness (QED) is 0.851. The van der Waals surface area contributed by atoms with Gasteiger partial charge in [-0.15, -0.1) is 11.3 Å². The Morgan fingerprint density at radius 2 is 2.20 bits per heavy atom. The van der Waals surface area contributed by atoms with Crippen LogP contribution >= 0.6 is 27.3 Å². The van der Waals surface area contributed by atoms with Gasteiger partial charge in [-0.3, -0.25) is 4.90 Å². The van der Waals surface area contributed by atoms with Crippen LogP contribution in [-0.4, -0.2) is 11.9 Å². The fourth-order valence-electron chi connectivity index (χ4n) is 1.43. The van der Waals surface area contributed by atoms with Crippen molar-refractivity contribution in [2.75, 3.05) is 7.05 Å². The zero-order chi connectivity index (χ0) is 10.7. The minimum absolute atomic E-state index is 0.850. The Bertz CT molecular complexity index is 410. The van der Waals surface area contributed by atoms with Gasteiger partial charge in [-0.1, -0.05) is 0 Å². The van der Waals surface area contributed by atoms with E-state index >= 15 is 0 Å². The van der Waals surface area contributed by atoms with E-state index in [4.69, 9.17) is 4.42 Å². The first-order chi connectivity index (χ1) is 7.24. The van der Waals surface area contributed by atoms with Gasteiger partial charge in [-0.25, -0.2) is 0 Å². The fraction of sp³-hybridized carbons (Fsp3) is 0.273. The molecule has 4 heteroatoms. The number of hydrogen-bond donors (Lipinski definition) is 0. The summed E-state index contributed by atoms with van der Waals surface area (Å²) >= 11 is 5.24. The molecule has 0 aliphatic heterocycles. The lowest BCUT2D eigenvalue weighted by molar-refractivity contribution is 0.290. The molecule has 2 aromatic heterocycles. The molecule has 0 saturated heterocycles. The van der Waals surface area contributed by atoms with Crippen molar-refractivity contribution in [3.05, 3.63) is 45.0 Å². The third kappa shape index (κ3) is 3.19. The topological polar surface area (TPSA) is 16.4 Å². The van der Waals surface area contributed by atoms with Gasteiger partial charge >= 0.3 is 0 Å². The highest BCUT2D eigenvalue weighted by Crippen LogP contribution is 2.23. The maximum absolute atomic E-state index is 5.30. The van der Waals surface area contributed by atoms with E-state index in [1.165, 1.54) is 8.66 Å². The van der Waals surface area contributed by atoms with E-state index in [1.54, 1.807) is 17.6 Å². The molecule has 2 rings (SSSR count). The van der Waals surface area contributed by atoms with Gasteiger partial charge in [0.15, 0.2) is 0 Å². The third-order valence-electron chi connectivity index (χ3n) is 2.06. The highest BCUT2D eigenvalue weighted by Gasteiger charge is 2.05. The van der Waals surface area contributed by atoms with E-state index in [0.29, 0.717) is 0 Å². The lowest BCUT2D eigenvalue weighted by atomic mass is 10.4. The molecule has 0 spiro atoms. The molecule has 0 atom stereocenters. The molecule has 0 aliphatic rings. The Morgan fingerprint density at radius 3 is 2.80 bits per heavy atom. The summed E-state index contributed by atoms with van der Waals surface area (Å²) < 4.78 is 6.48. The van der Waals surface area contributed by atoms with Crippen LogP contribution in [0, 0.1) is 0 Å². The fourth-order valence-corrected chi connectivity index (χ4v) is 2.99. The van der Waals surface area contributed by atoms with Gasteiger partial charge in [0.2, 0.25) is 0 Å². The SMILES string of the molecule is CN(Cc1ccco1)Cc1ccc(Br)s1. The van der Waals surface area contributed by atoms with Crippen molar-refractivity contribution in [1.82, 2.24) is 4.90 Å². The van der Waals surface area contributed by atoms with Crippen LogP contribution in [0.3, 0.4) is 0 Å². The van der Waals surface area contributed by atoms with Crippen molar-refractivity contribution in [3.8, 4) is 0 Å². The Kier molecular flexibility index (Phi) is 3.61. The molecule has 0 unspecified atom stereocenters. The molecule has 0 fully saturated rings. The standard InChI is InChI=1S/C11H12BrNOS/c1-13(7-9-3-2-6-14-9)8-10-4-5-11(12)15-10/h2-6H,7-8H2,1H3. The minimum Gasteiger partial charge on any atom is -0.468 e. The van der Waals surface area contributed by atoms with Crippen molar-refractivity contribution in [1.29, 1.82) is 0 Å². The maximum Gasteiger partial charge on any atom is 0.117 e. The van der Waals surface area contributed by atoms with Crippen molar-refractivity contribution >= 4 is 27.3 Å². The number of nitrogens with zero attached hydrogens (tertiary/aromatic N) is 1. The monoisotopic (exact) mass is 285 g/mol. The molecular formula is C11H12BrNOS. The molecular weight excluding hydrogens is 274 g/mol. The molecule has 0 saturated carbocycles. The van der Waals surface area contributed by atoms with Crippen LogP contribution in [-0.2, 0) is 13.1 Å². The molecule has 2 aromatic rings. The molecule has 0 aromatic carbocycles. The van der Waals surface area contributed by atoms with Crippen molar-refractivity contribution in [2.45, 2.75) is 13.1 Å². The summed E-state index contributed by atoms with van der Waals surface area (Å²) in [5.74, 6) is 1.01. The second-order valence-electron chi connectivity index (χ2n) is 3.46. The zero-order valence-electron chi connectivity index (χ0n) is 8.44. The normalized spacial score (nSPS) is 11.1. The number of rotatable bonds is 4. The van der Waals surface area contributed by atoms with E-state index in [0.717, 1.165) is 18.8 Å². The van der Waals surface area contributed by atoms with E-state index in [9.17, 15) is 0 Å². The number of furan rings is 1. The van der Waals surface area contributed by atoms with Gasteiger partial charge in [0.25, 0.3) is 0 Å². The largest absolute Gasteiger partial charge is 0.468 e. The maximum atomic E-state index is 5.30. The molecule has 0 amide bonds. The van der Waals surface area contributed by atoms with Gasteiger partial charge in [0.05, 0.1) is 16.6 Å². The molecule has 0 radical (unpaired) electrons. The third-order valence-corrected chi connectivity index (χ3v) is 3.67. The summed E-state index contributed by atoms with van der Waals surface area (Å²) in [5, 5.41) is 0. The number of hydrogen-bond acceptors (Lipinski definition) is 3. The van der Waals surface area contributed by atoms with Crippen LogP contribution in [0.15, 0.2) is 38.7 Å². The molecule has 0 aliphatic carbocycles. The Labute approximate surface area is 102 Å². The summed E-state index contributed by atoms with van der Waals surface area (Å²) in [4.78, 5) is 3.59. The van der Waals surface area contributed by atoms with Crippen molar-refractivity contribution in [3.63, 3.8) is 0 Å². The number of halogens is 1. The predicted molar refractivity (Wildman–Crippen MR) is 65.9 cm³/mol. The lowest BCUT2D eigenvalue weighted by Gasteiger charge is -2.13.